The molecule has 28 heavy (non-hydrogen) atoms. The molecule has 0 unspecified atom stereocenters. The lowest BCUT2D eigenvalue weighted by Crippen LogP contribution is -2.35. The zero-order valence-corrected chi connectivity index (χ0v) is 17.3. The van der Waals surface area contributed by atoms with Gasteiger partial charge in [0.05, 0.1) is 6.10 Å². The summed E-state index contributed by atoms with van der Waals surface area (Å²) >= 11 is 0. The lowest BCUT2D eigenvalue weighted by Gasteiger charge is -2.42. The van der Waals surface area contributed by atoms with E-state index in [4.69, 9.17) is 4.42 Å². The van der Waals surface area contributed by atoms with Gasteiger partial charge in [0.2, 0.25) is 11.8 Å². The van der Waals surface area contributed by atoms with Crippen molar-refractivity contribution in [2.24, 2.45) is 0 Å². The van der Waals surface area contributed by atoms with E-state index in [9.17, 15) is 9.90 Å². The first-order chi connectivity index (χ1) is 13.1. The van der Waals surface area contributed by atoms with E-state index in [1.165, 1.54) is 11.1 Å². The lowest BCUT2D eigenvalue weighted by molar-refractivity contribution is 0.0697. The smallest absolute Gasteiger partial charge is 0.254 e. The molecule has 2 atom stereocenters. The van der Waals surface area contributed by atoms with Crippen LogP contribution in [-0.2, 0) is 10.8 Å². The van der Waals surface area contributed by atoms with Gasteiger partial charge in [-0.2, -0.15) is 0 Å². The van der Waals surface area contributed by atoms with Crippen LogP contribution in [0.5, 0.6) is 0 Å². The molecule has 2 aromatic rings. The molecule has 0 saturated carbocycles. The summed E-state index contributed by atoms with van der Waals surface area (Å²) in [4.78, 5) is 15.0. The van der Waals surface area contributed by atoms with Crippen molar-refractivity contribution in [2.45, 2.75) is 76.9 Å². The van der Waals surface area contributed by atoms with Crippen molar-refractivity contribution in [3.8, 4) is 0 Å². The Morgan fingerprint density at radius 2 is 1.82 bits per heavy atom. The second-order valence-electron chi connectivity index (χ2n) is 9.55. The Labute approximate surface area is 166 Å². The van der Waals surface area contributed by atoms with Gasteiger partial charge in [-0.15, -0.1) is 10.2 Å². The minimum absolute atomic E-state index is 0.0364. The summed E-state index contributed by atoms with van der Waals surface area (Å²) in [5, 5.41) is 18.2. The summed E-state index contributed by atoms with van der Waals surface area (Å²) in [7, 11) is 0. The Morgan fingerprint density at radius 1 is 1.14 bits per heavy atom. The molecule has 0 radical (unpaired) electrons. The number of hydrogen-bond donors (Lipinski definition) is 1. The summed E-state index contributed by atoms with van der Waals surface area (Å²) < 4.78 is 5.56. The Morgan fingerprint density at radius 3 is 2.46 bits per heavy atom. The molecule has 1 aromatic heterocycles. The fourth-order valence-electron chi connectivity index (χ4n) is 4.61. The van der Waals surface area contributed by atoms with Gasteiger partial charge in [-0.3, -0.25) is 4.79 Å². The summed E-state index contributed by atoms with van der Waals surface area (Å²) in [6.45, 7) is 11.0. The van der Waals surface area contributed by atoms with E-state index in [-0.39, 0.29) is 29.3 Å². The average molecular weight is 383 g/mol. The Hall–Kier alpha value is -2.21. The number of fused-ring (bicyclic) bond motifs is 1. The minimum Gasteiger partial charge on any atom is -0.423 e. The fraction of sp³-hybridized carbons (Fsp3) is 0.591. The van der Waals surface area contributed by atoms with Gasteiger partial charge >= 0.3 is 0 Å². The number of benzene rings is 1. The van der Waals surface area contributed by atoms with Crippen LogP contribution in [0.4, 0.5) is 0 Å². The van der Waals surface area contributed by atoms with Crippen LogP contribution in [0, 0.1) is 6.92 Å². The van der Waals surface area contributed by atoms with Crippen molar-refractivity contribution in [3.05, 3.63) is 46.7 Å². The molecule has 2 aliphatic rings. The molecule has 1 saturated heterocycles. The maximum absolute atomic E-state index is 13.4. The minimum atomic E-state index is -0.589. The van der Waals surface area contributed by atoms with Crippen LogP contribution in [0.2, 0.25) is 0 Å². The molecule has 1 N–H and O–H groups in total. The van der Waals surface area contributed by atoms with Crippen LogP contribution in [0.1, 0.15) is 86.3 Å². The summed E-state index contributed by atoms with van der Waals surface area (Å²) in [5.74, 6) is 0.753. The highest BCUT2D eigenvalue weighted by Crippen LogP contribution is 2.46. The molecule has 6 heteroatoms. The van der Waals surface area contributed by atoms with Crippen LogP contribution in [0.25, 0.3) is 0 Å². The monoisotopic (exact) mass is 383 g/mol. The second-order valence-corrected chi connectivity index (χ2v) is 9.55. The number of nitrogens with zero attached hydrogens (tertiary/aromatic N) is 3. The van der Waals surface area contributed by atoms with Crippen molar-refractivity contribution >= 4 is 5.91 Å². The molecule has 1 aromatic carbocycles. The predicted molar refractivity (Wildman–Crippen MR) is 105 cm³/mol. The summed E-state index contributed by atoms with van der Waals surface area (Å²) in [6, 6.07) is 5.70. The second kappa shape index (κ2) is 6.41. The Balaban J connectivity index is 1.70. The van der Waals surface area contributed by atoms with Gasteiger partial charge < -0.3 is 14.4 Å². The van der Waals surface area contributed by atoms with Gasteiger partial charge in [-0.25, -0.2) is 0 Å². The van der Waals surface area contributed by atoms with Gasteiger partial charge in [0.1, 0.15) is 6.04 Å². The molecular weight excluding hydrogens is 354 g/mol. The molecule has 1 fully saturated rings. The van der Waals surface area contributed by atoms with Crippen LogP contribution in [0.3, 0.4) is 0 Å². The topological polar surface area (TPSA) is 79.5 Å². The third-order valence-corrected chi connectivity index (χ3v) is 6.47. The molecule has 1 aliphatic carbocycles. The molecule has 4 rings (SSSR count). The molecule has 2 heterocycles. The number of aromatic nitrogens is 2. The first-order valence-electron chi connectivity index (χ1n) is 10.0. The van der Waals surface area contributed by atoms with Crippen molar-refractivity contribution in [1.82, 2.24) is 15.1 Å². The molecule has 150 valence electrons. The first kappa shape index (κ1) is 19.1. The van der Waals surface area contributed by atoms with Crippen molar-refractivity contribution in [1.29, 1.82) is 0 Å². The van der Waals surface area contributed by atoms with E-state index in [0.29, 0.717) is 23.8 Å². The fourth-order valence-corrected chi connectivity index (χ4v) is 4.61. The van der Waals surface area contributed by atoms with Gasteiger partial charge in [-0.1, -0.05) is 33.8 Å². The zero-order chi connectivity index (χ0) is 20.3. The molecule has 0 spiro atoms. The van der Waals surface area contributed by atoms with E-state index in [0.717, 1.165) is 12.8 Å². The number of aryl methyl sites for hydroxylation is 1. The molecule has 6 nitrogen and oxygen atoms in total. The highest BCUT2D eigenvalue weighted by atomic mass is 16.4. The zero-order valence-electron chi connectivity index (χ0n) is 17.3. The number of amides is 1. The summed E-state index contributed by atoms with van der Waals surface area (Å²) in [6.07, 6.45) is 2.06. The standard InChI is InChI=1S/C22H29N3O3/c1-13-23-24-19(28-13)18-11-15(26)12-25(18)20(27)14-6-7-16-17(10-14)22(4,5)9-8-21(16,2)3/h6-7,10,15,18,26H,8-9,11-12H2,1-5H3/t15-,18-/m1/s1. The average Bonchev–Trinajstić information content (AvgIpc) is 3.23. The Kier molecular flexibility index (Phi) is 4.38. The number of aliphatic hydroxyl groups excluding tert-OH is 1. The lowest BCUT2D eigenvalue weighted by atomic mass is 9.63. The van der Waals surface area contributed by atoms with Gasteiger partial charge in [0.15, 0.2) is 0 Å². The Bertz CT molecular complexity index is 916. The highest BCUT2D eigenvalue weighted by Gasteiger charge is 2.41. The van der Waals surface area contributed by atoms with E-state index in [1.807, 2.05) is 6.07 Å². The molecule has 1 aliphatic heterocycles. The van der Waals surface area contributed by atoms with Crippen LogP contribution in [0.15, 0.2) is 22.6 Å². The number of carbonyl (C=O) groups is 1. The number of likely N-dealkylation sites (tertiary alicyclic amines) is 1. The third kappa shape index (κ3) is 3.13. The molecular formula is C22H29N3O3. The number of hydrogen-bond acceptors (Lipinski definition) is 5. The number of aliphatic hydroxyl groups is 1. The van der Waals surface area contributed by atoms with Crippen LogP contribution >= 0.6 is 0 Å². The van der Waals surface area contributed by atoms with E-state index in [2.05, 4.69) is 50.0 Å². The number of rotatable bonds is 2. The maximum atomic E-state index is 13.4. The van der Waals surface area contributed by atoms with Gasteiger partial charge in [0, 0.05) is 25.5 Å². The van der Waals surface area contributed by atoms with Crippen molar-refractivity contribution < 1.29 is 14.3 Å². The van der Waals surface area contributed by atoms with E-state index in [1.54, 1.807) is 11.8 Å². The normalized spacial score (nSPS) is 25.6. The largest absolute Gasteiger partial charge is 0.423 e. The predicted octanol–water partition coefficient (Wildman–Crippen LogP) is 3.68. The maximum Gasteiger partial charge on any atom is 0.254 e. The van der Waals surface area contributed by atoms with Crippen LogP contribution < -0.4 is 0 Å². The van der Waals surface area contributed by atoms with Gasteiger partial charge in [-0.05, 0) is 46.9 Å². The van der Waals surface area contributed by atoms with E-state index >= 15 is 0 Å². The number of β-amino-alcohol motifs (C(OH)–C–C–N with tert-alkyl or cyclic N) is 1. The SMILES string of the molecule is Cc1nnc([C@H]2C[C@@H](O)CN2C(=O)c2ccc3c(c2)C(C)(C)CCC3(C)C)o1. The van der Waals surface area contributed by atoms with Crippen molar-refractivity contribution in [2.75, 3.05) is 6.54 Å². The van der Waals surface area contributed by atoms with E-state index < -0.39 is 6.10 Å². The summed E-state index contributed by atoms with van der Waals surface area (Å²) in [5.41, 5.74) is 3.37. The number of carbonyl (C=O) groups excluding carboxylic acids is 1. The van der Waals surface area contributed by atoms with Crippen molar-refractivity contribution in [3.63, 3.8) is 0 Å². The van der Waals surface area contributed by atoms with Gasteiger partial charge in [0.25, 0.3) is 5.91 Å². The van der Waals surface area contributed by atoms with Crippen LogP contribution in [-0.4, -0.2) is 38.8 Å². The first-order valence-corrected chi connectivity index (χ1v) is 10.0. The molecule has 0 bridgehead atoms. The molecule has 1 amide bonds. The quantitative estimate of drug-likeness (QED) is 0.856. The highest BCUT2D eigenvalue weighted by molar-refractivity contribution is 5.95. The third-order valence-electron chi connectivity index (χ3n) is 6.47.